The SMILES string of the molecule is Cc1ncsc1CNCc1ccc(-c2ccccc2)s1. The number of nitrogens with zero attached hydrogens (tertiary/aromatic N) is 1. The van der Waals surface area contributed by atoms with Crippen LogP contribution in [0.3, 0.4) is 0 Å². The van der Waals surface area contributed by atoms with E-state index in [1.165, 1.54) is 20.2 Å². The van der Waals surface area contributed by atoms with Crippen molar-refractivity contribution in [3.63, 3.8) is 0 Å². The Morgan fingerprint density at radius 1 is 1.05 bits per heavy atom. The molecule has 0 unspecified atom stereocenters. The van der Waals surface area contributed by atoms with Gasteiger partial charge in [-0.05, 0) is 24.6 Å². The predicted molar refractivity (Wildman–Crippen MR) is 87.1 cm³/mol. The molecule has 0 fully saturated rings. The molecule has 2 aromatic heterocycles. The summed E-state index contributed by atoms with van der Waals surface area (Å²) in [4.78, 5) is 8.29. The van der Waals surface area contributed by atoms with Crippen LogP contribution in [-0.4, -0.2) is 4.98 Å². The van der Waals surface area contributed by atoms with E-state index in [-0.39, 0.29) is 0 Å². The van der Waals surface area contributed by atoms with Gasteiger partial charge in [-0.1, -0.05) is 30.3 Å². The molecule has 0 aliphatic carbocycles. The number of aryl methyl sites for hydroxylation is 1. The van der Waals surface area contributed by atoms with E-state index in [0.717, 1.165) is 18.8 Å². The second-order valence-corrected chi connectivity index (χ2v) is 6.70. The number of benzene rings is 1. The van der Waals surface area contributed by atoms with Gasteiger partial charge in [-0.25, -0.2) is 4.98 Å². The second-order valence-electron chi connectivity index (χ2n) is 4.60. The van der Waals surface area contributed by atoms with Gasteiger partial charge in [-0.2, -0.15) is 0 Å². The van der Waals surface area contributed by atoms with E-state index in [1.807, 2.05) is 16.8 Å². The quantitative estimate of drug-likeness (QED) is 0.752. The fourth-order valence-corrected chi connectivity index (χ4v) is 3.76. The molecule has 3 rings (SSSR count). The van der Waals surface area contributed by atoms with Crippen LogP contribution < -0.4 is 5.32 Å². The van der Waals surface area contributed by atoms with Gasteiger partial charge < -0.3 is 5.32 Å². The number of rotatable bonds is 5. The van der Waals surface area contributed by atoms with Crippen molar-refractivity contribution in [3.8, 4) is 10.4 Å². The van der Waals surface area contributed by atoms with Crippen LogP contribution in [0, 0.1) is 6.92 Å². The maximum absolute atomic E-state index is 4.27. The molecule has 1 N–H and O–H groups in total. The molecular formula is C16H16N2S2. The normalized spacial score (nSPS) is 10.8. The Hall–Kier alpha value is -1.49. The average molecular weight is 300 g/mol. The Labute approximate surface area is 127 Å². The fourth-order valence-electron chi connectivity index (χ4n) is 2.03. The lowest BCUT2D eigenvalue weighted by Crippen LogP contribution is -2.11. The summed E-state index contributed by atoms with van der Waals surface area (Å²) in [6, 6.07) is 14.9. The molecule has 1 aromatic carbocycles. The smallest absolute Gasteiger partial charge is 0.0798 e. The highest BCUT2D eigenvalue weighted by molar-refractivity contribution is 7.15. The van der Waals surface area contributed by atoms with E-state index in [2.05, 4.69) is 59.7 Å². The summed E-state index contributed by atoms with van der Waals surface area (Å²) in [5.74, 6) is 0. The highest BCUT2D eigenvalue weighted by atomic mass is 32.1. The van der Waals surface area contributed by atoms with Crippen LogP contribution in [0.5, 0.6) is 0 Å². The number of hydrogen-bond donors (Lipinski definition) is 1. The highest BCUT2D eigenvalue weighted by Gasteiger charge is 2.04. The van der Waals surface area contributed by atoms with Crippen molar-refractivity contribution >= 4 is 22.7 Å². The lowest BCUT2D eigenvalue weighted by Gasteiger charge is -2.01. The van der Waals surface area contributed by atoms with Crippen LogP contribution >= 0.6 is 22.7 Å². The van der Waals surface area contributed by atoms with Gasteiger partial charge in [0, 0.05) is 27.7 Å². The number of thiophene rings is 1. The maximum Gasteiger partial charge on any atom is 0.0798 e. The first-order valence-corrected chi connectivity index (χ1v) is 8.26. The van der Waals surface area contributed by atoms with Crippen LogP contribution in [0.2, 0.25) is 0 Å². The molecule has 0 radical (unpaired) electrons. The third-order valence-corrected chi connectivity index (χ3v) is 5.22. The van der Waals surface area contributed by atoms with E-state index in [0.29, 0.717) is 0 Å². The predicted octanol–water partition coefficient (Wildman–Crippen LogP) is 4.47. The van der Waals surface area contributed by atoms with Crippen molar-refractivity contribution < 1.29 is 0 Å². The highest BCUT2D eigenvalue weighted by Crippen LogP contribution is 2.27. The van der Waals surface area contributed by atoms with Gasteiger partial charge in [0.05, 0.1) is 11.2 Å². The van der Waals surface area contributed by atoms with Crippen LogP contribution in [-0.2, 0) is 13.1 Å². The second kappa shape index (κ2) is 6.31. The van der Waals surface area contributed by atoms with Crippen LogP contribution in [0.4, 0.5) is 0 Å². The minimum atomic E-state index is 0.898. The van der Waals surface area contributed by atoms with Crippen molar-refractivity contribution in [3.05, 3.63) is 63.4 Å². The van der Waals surface area contributed by atoms with Crippen LogP contribution in [0.1, 0.15) is 15.4 Å². The van der Waals surface area contributed by atoms with Gasteiger partial charge in [-0.15, -0.1) is 22.7 Å². The largest absolute Gasteiger partial charge is 0.307 e. The molecule has 0 atom stereocenters. The maximum atomic E-state index is 4.27. The molecule has 2 heterocycles. The Morgan fingerprint density at radius 3 is 2.65 bits per heavy atom. The number of thiazole rings is 1. The molecule has 2 nitrogen and oxygen atoms in total. The first-order chi connectivity index (χ1) is 9.83. The lowest BCUT2D eigenvalue weighted by atomic mass is 10.2. The summed E-state index contributed by atoms with van der Waals surface area (Å²) in [5, 5.41) is 3.49. The third-order valence-electron chi connectivity index (χ3n) is 3.15. The van der Waals surface area contributed by atoms with Crippen molar-refractivity contribution in [2.75, 3.05) is 0 Å². The minimum absolute atomic E-state index is 0.898. The molecule has 0 amide bonds. The van der Waals surface area contributed by atoms with Gasteiger partial charge in [-0.3, -0.25) is 0 Å². The van der Waals surface area contributed by atoms with E-state index in [9.17, 15) is 0 Å². The Balaban J connectivity index is 1.59. The van der Waals surface area contributed by atoms with Gasteiger partial charge in [0.2, 0.25) is 0 Å². The van der Waals surface area contributed by atoms with E-state index >= 15 is 0 Å². The monoisotopic (exact) mass is 300 g/mol. The molecular weight excluding hydrogens is 284 g/mol. The zero-order valence-corrected chi connectivity index (χ0v) is 12.9. The Morgan fingerprint density at radius 2 is 1.90 bits per heavy atom. The summed E-state index contributed by atoms with van der Waals surface area (Å²) in [5.41, 5.74) is 4.34. The molecule has 3 aromatic rings. The molecule has 4 heteroatoms. The van der Waals surface area contributed by atoms with Crippen LogP contribution in [0.25, 0.3) is 10.4 Å². The summed E-state index contributed by atoms with van der Waals surface area (Å²) in [6.07, 6.45) is 0. The lowest BCUT2D eigenvalue weighted by molar-refractivity contribution is 0.705. The molecule has 0 saturated heterocycles. The summed E-state index contributed by atoms with van der Waals surface area (Å²) in [7, 11) is 0. The molecule has 0 aliphatic rings. The fraction of sp³-hybridized carbons (Fsp3) is 0.188. The van der Waals surface area contributed by atoms with Gasteiger partial charge in [0.1, 0.15) is 0 Å². The minimum Gasteiger partial charge on any atom is -0.307 e. The van der Waals surface area contributed by atoms with Crippen LogP contribution in [0.15, 0.2) is 48.0 Å². The van der Waals surface area contributed by atoms with Gasteiger partial charge in [0.25, 0.3) is 0 Å². The zero-order chi connectivity index (χ0) is 13.8. The topological polar surface area (TPSA) is 24.9 Å². The molecule has 20 heavy (non-hydrogen) atoms. The van der Waals surface area contributed by atoms with Crippen molar-refractivity contribution in [2.24, 2.45) is 0 Å². The van der Waals surface area contributed by atoms with Gasteiger partial charge >= 0.3 is 0 Å². The van der Waals surface area contributed by atoms with E-state index in [1.54, 1.807) is 11.3 Å². The third kappa shape index (κ3) is 3.15. The van der Waals surface area contributed by atoms with E-state index < -0.39 is 0 Å². The van der Waals surface area contributed by atoms with Crippen molar-refractivity contribution in [1.82, 2.24) is 10.3 Å². The number of nitrogens with one attached hydrogen (secondary N) is 1. The number of aromatic nitrogens is 1. The van der Waals surface area contributed by atoms with Gasteiger partial charge in [0.15, 0.2) is 0 Å². The summed E-state index contributed by atoms with van der Waals surface area (Å²) >= 11 is 3.57. The molecule has 102 valence electrons. The average Bonchev–Trinajstić information content (AvgIpc) is 3.10. The van der Waals surface area contributed by atoms with Crippen molar-refractivity contribution in [1.29, 1.82) is 0 Å². The molecule has 0 aliphatic heterocycles. The zero-order valence-electron chi connectivity index (χ0n) is 11.3. The summed E-state index contributed by atoms with van der Waals surface area (Å²) in [6.45, 7) is 3.87. The Kier molecular flexibility index (Phi) is 4.25. The van der Waals surface area contributed by atoms with Crippen molar-refractivity contribution in [2.45, 2.75) is 20.0 Å². The standard InChI is InChI=1S/C16H16N2S2/c1-12-16(19-11-18-12)10-17-9-14-7-8-15(20-14)13-5-3-2-4-6-13/h2-8,11,17H,9-10H2,1H3. The molecule has 0 spiro atoms. The summed E-state index contributed by atoms with van der Waals surface area (Å²) < 4.78 is 0. The number of hydrogen-bond acceptors (Lipinski definition) is 4. The molecule has 0 saturated carbocycles. The molecule has 0 bridgehead atoms. The Bertz CT molecular complexity index is 671. The first kappa shape index (κ1) is 13.5. The first-order valence-electron chi connectivity index (χ1n) is 6.57. The van der Waals surface area contributed by atoms with E-state index in [4.69, 9.17) is 0 Å².